The van der Waals surface area contributed by atoms with Gasteiger partial charge in [0, 0.05) is 18.5 Å². The molecule has 7 nitrogen and oxygen atoms in total. The van der Waals surface area contributed by atoms with Crippen molar-refractivity contribution in [3.05, 3.63) is 42.2 Å². The first-order valence-corrected chi connectivity index (χ1v) is 6.60. The molecule has 2 aromatic rings. The molecule has 0 aliphatic rings. The summed E-state index contributed by atoms with van der Waals surface area (Å²) in [4.78, 5) is 13.3. The normalized spacial score (nSPS) is 11.2. The molecule has 0 saturated carbocycles. The molecule has 2 rings (SSSR count). The molecule has 0 aliphatic heterocycles. The van der Waals surface area contributed by atoms with Crippen LogP contribution in [0.5, 0.6) is 5.75 Å². The Hall–Kier alpha value is -2.48. The molecule has 0 atom stereocenters. The van der Waals surface area contributed by atoms with E-state index in [1.165, 1.54) is 24.5 Å². The molecule has 1 aromatic carbocycles. The number of benzene rings is 1. The van der Waals surface area contributed by atoms with Crippen molar-refractivity contribution >= 4 is 21.7 Å². The minimum absolute atomic E-state index is 0.0364. The summed E-state index contributed by atoms with van der Waals surface area (Å²) in [5.41, 5.74) is -0.228. The molecule has 0 amide bonds. The number of phenols is 1. The van der Waals surface area contributed by atoms with E-state index >= 15 is 0 Å². The van der Waals surface area contributed by atoms with E-state index in [0.717, 1.165) is 12.1 Å². The third-order valence-electron chi connectivity index (χ3n) is 2.36. The average molecular weight is 282 g/mol. The lowest BCUT2D eigenvalue weighted by molar-refractivity contribution is 0.0694. The zero-order valence-electron chi connectivity index (χ0n) is 9.49. The van der Waals surface area contributed by atoms with Crippen molar-refractivity contribution < 1.29 is 23.4 Å². The highest BCUT2D eigenvalue weighted by Crippen LogP contribution is 2.23. The maximum atomic E-state index is 11.9. The third-order valence-corrected chi connectivity index (χ3v) is 3.74. The van der Waals surface area contributed by atoms with E-state index in [1.807, 2.05) is 0 Å². The molecule has 0 radical (unpaired) electrons. The Morgan fingerprint density at radius 1 is 1.26 bits per heavy atom. The molecule has 0 spiro atoms. The Morgan fingerprint density at radius 3 is 2.53 bits per heavy atom. The Labute approximate surface area is 108 Å². The summed E-state index contributed by atoms with van der Waals surface area (Å²) in [5.74, 6) is -1.81. The van der Waals surface area contributed by atoms with Gasteiger partial charge >= 0.3 is 5.97 Å². The molecule has 100 valence electrons. The van der Waals surface area contributed by atoms with Crippen LogP contribution in [0.25, 0.3) is 0 Å². The van der Waals surface area contributed by atoms with E-state index < -0.39 is 21.7 Å². The molecule has 0 bridgehead atoms. The van der Waals surface area contributed by atoms with Gasteiger partial charge < -0.3 is 15.2 Å². The van der Waals surface area contributed by atoms with Crippen molar-refractivity contribution in [2.24, 2.45) is 0 Å². The monoisotopic (exact) mass is 282 g/mol. The van der Waals surface area contributed by atoms with E-state index in [1.54, 1.807) is 0 Å². The average Bonchev–Trinajstić information content (AvgIpc) is 2.81. The second kappa shape index (κ2) is 4.65. The fraction of sp³-hybridized carbons (Fsp3) is 0. The van der Waals surface area contributed by atoms with Crippen LogP contribution in [0.15, 0.2) is 41.6 Å². The predicted octanol–water partition coefficient (Wildman–Crippen LogP) is 1.22. The molecule has 1 heterocycles. The van der Waals surface area contributed by atoms with Gasteiger partial charge in [0.05, 0.1) is 5.69 Å². The predicted molar refractivity (Wildman–Crippen MR) is 66.7 cm³/mol. The fourth-order valence-electron chi connectivity index (χ4n) is 1.47. The van der Waals surface area contributed by atoms with Gasteiger partial charge in [-0.2, -0.15) is 0 Å². The zero-order chi connectivity index (χ0) is 14.0. The third kappa shape index (κ3) is 2.68. The van der Waals surface area contributed by atoms with Crippen LogP contribution in [0.3, 0.4) is 0 Å². The maximum Gasteiger partial charge on any atom is 0.339 e. The standard InChI is InChI=1S/C11H10N2O5S/c14-10-5-7(1-2-9(10)11(15)16)13-19(17,18)8-3-4-12-6-8/h1-6,12-14H,(H,15,16). The van der Waals surface area contributed by atoms with Crippen molar-refractivity contribution in [1.29, 1.82) is 0 Å². The second-order valence-corrected chi connectivity index (χ2v) is 5.37. The lowest BCUT2D eigenvalue weighted by Gasteiger charge is -2.07. The summed E-state index contributed by atoms with van der Waals surface area (Å²) >= 11 is 0. The highest BCUT2D eigenvalue weighted by molar-refractivity contribution is 7.92. The number of anilines is 1. The topological polar surface area (TPSA) is 119 Å². The summed E-state index contributed by atoms with van der Waals surface area (Å²) in [6.07, 6.45) is 2.76. The largest absolute Gasteiger partial charge is 0.507 e. The quantitative estimate of drug-likeness (QED) is 0.672. The van der Waals surface area contributed by atoms with Crippen molar-refractivity contribution in [2.75, 3.05) is 4.72 Å². The van der Waals surface area contributed by atoms with Crippen LogP contribution in [0.2, 0.25) is 0 Å². The molecule has 0 aliphatic carbocycles. The van der Waals surface area contributed by atoms with Crippen LogP contribution in [0, 0.1) is 0 Å². The summed E-state index contributed by atoms with van der Waals surface area (Å²) in [5, 5.41) is 18.2. The van der Waals surface area contributed by atoms with E-state index in [0.29, 0.717) is 0 Å². The van der Waals surface area contributed by atoms with Gasteiger partial charge in [-0.15, -0.1) is 0 Å². The van der Waals surface area contributed by atoms with E-state index in [-0.39, 0.29) is 16.1 Å². The summed E-state index contributed by atoms with van der Waals surface area (Å²) in [6, 6.07) is 4.78. The zero-order valence-corrected chi connectivity index (χ0v) is 10.3. The van der Waals surface area contributed by atoms with Crippen LogP contribution in [0.1, 0.15) is 10.4 Å². The lowest BCUT2D eigenvalue weighted by atomic mass is 10.2. The SMILES string of the molecule is O=C(O)c1ccc(NS(=O)(=O)c2cc[nH]c2)cc1O. The maximum absolute atomic E-state index is 11.9. The van der Waals surface area contributed by atoms with Gasteiger partial charge in [0.2, 0.25) is 0 Å². The number of rotatable bonds is 4. The number of carboxylic acid groups (broad SMARTS) is 1. The van der Waals surface area contributed by atoms with Crippen molar-refractivity contribution in [3.63, 3.8) is 0 Å². The van der Waals surface area contributed by atoms with Crippen LogP contribution >= 0.6 is 0 Å². The first kappa shape index (κ1) is 13.0. The number of nitrogens with one attached hydrogen (secondary N) is 2. The molecule has 0 fully saturated rings. The van der Waals surface area contributed by atoms with Gasteiger partial charge in [0.25, 0.3) is 10.0 Å². The van der Waals surface area contributed by atoms with Gasteiger partial charge in [0.15, 0.2) is 0 Å². The molecule has 0 saturated heterocycles. The molecular weight excluding hydrogens is 272 g/mol. The number of aromatic carboxylic acids is 1. The lowest BCUT2D eigenvalue weighted by Crippen LogP contribution is -2.12. The Balaban J connectivity index is 2.30. The molecule has 0 unspecified atom stereocenters. The summed E-state index contributed by atoms with van der Waals surface area (Å²) in [7, 11) is -3.76. The van der Waals surface area contributed by atoms with Crippen LogP contribution in [-0.4, -0.2) is 29.6 Å². The number of aromatic amines is 1. The number of aromatic nitrogens is 1. The summed E-state index contributed by atoms with van der Waals surface area (Å²) in [6.45, 7) is 0. The van der Waals surface area contributed by atoms with E-state index in [2.05, 4.69) is 9.71 Å². The van der Waals surface area contributed by atoms with Gasteiger partial charge in [-0.05, 0) is 18.2 Å². The first-order chi connectivity index (χ1) is 8.90. The van der Waals surface area contributed by atoms with Crippen molar-refractivity contribution in [2.45, 2.75) is 4.90 Å². The molecule has 4 N–H and O–H groups in total. The van der Waals surface area contributed by atoms with Gasteiger partial charge in [-0.25, -0.2) is 13.2 Å². The minimum Gasteiger partial charge on any atom is -0.507 e. The van der Waals surface area contributed by atoms with Crippen molar-refractivity contribution in [1.82, 2.24) is 4.98 Å². The molecular formula is C11H10N2O5S. The molecule has 19 heavy (non-hydrogen) atoms. The first-order valence-electron chi connectivity index (χ1n) is 5.12. The molecule has 1 aromatic heterocycles. The smallest absolute Gasteiger partial charge is 0.339 e. The Bertz CT molecular complexity index is 707. The number of carboxylic acids is 1. The van der Waals surface area contributed by atoms with Gasteiger partial charge in [-0.1, -0.05) is 0 Å². The number of hydrogen-bond donors (Lipinski definition) is 4. The summed E-state index contributed by atoms with van der Waals surface area (Å²) < 4.78 is 26.0. The van der Waals surface area contributed by atoms with Crippen LogP contribution in [0.4, 0.5) is 5.69 Å². The Kier molecular flexibility index (Phi) is 3.17. The number of H-pyrrole nitrogens is 1. The van der Waals surface area contributed by atoms with E-state index in [4.69, 9.17) is 5.11 Å². The fourth-order valence-corrected chi connectivity index (χ4v) is 2.49. The number of aromatic hydroxyl groups is 1. The van der Waals surface area contributed by atoms with Crippen LogP contribution in [-0.2, 0) is 10.0 Å². The van der Waals surface area contributed by atoms with E-state index in [9.17, 15) is 18.3 Å². The second-order valence-electron chi connectivity index (χ2n) is 3.69. The highest BCUT2D eigenvalue weighted by Gasteiger charge is 2.16. The number of sulfonamides is 1. The Morgan fingerprint density at radius 2 is 2.00 bits per heavy atom. The highest BCUT2D eigenvalue weighted by atomic mass is 32.2. The number of carbonyl (C=O) groups is 1. The van der Waals surface area contributed by atoms with Gasteiger partial charge in [-0.3, -0.25) is 4.72 Å². The van der Waals surface area contributed by atoms with Crippen LogP contribution < -0.4 is 4.72 Å². The minimum atomic E-state index is -3.76. The van der Waals surface area contributed by atoms with Crippen molar-refractivity contribution in [3.8, 4) is 5.75 Å². The van der Waals surface area contributed by atoms with Gasteiger partial charge in [0.1, 0.15) is 16.2 Å². The molecule has 8 heteroatoms. The number of hydrogen-bond acceptors (Lipinski definition) is 4.